The minimum atomic E-state index is 0.242. The smallest absolute Gasteiger partial charge is 0.269 e. The highest BCUT2D eigenvalue weighted by atomic mass is 16.5. The van der Waals surface area contributed by atoms with Gasteiger partial charge in [-0.2, -0.15) is 5.26 Å². The van der Waals surface area contributed by atoms with Gasteiger partial charge in [-0.15, -0.1) is 0 Å². The van der Waals surface area contributed by atoms with Gasteiger partial charge in [0.2, 0.25) is 0 Å². The highest BCUT2D eigenvalue weighted by Crippen LogP contribution is 2.15. The van der Waals surface area contributed by atoms with Crippen LogP contribution < -0.4 is 0 Å². The Balaban J connectivity index is 2.83. The topological polar surface area (TPSA) is 65.4 Å². The Morgan fingerprint density at radius 1 is 1.75 bits per heavy atom. The predicted molar refractivity (Wildman–Crippen MR) is 43.1 cm³/mol. The van der Waals surface area contributed by atoms with Crippen molar-refractivity contribution < 1.29 is 4.52 Å². The summed E-state index contributed by atoms with van der Waals surface area (Å²) in [5, 5.41) is 12.0. The average Bonchev–Trinajstić information content (AvgIpc) is 2.47. The zero-order valence-corrected chi connectivity index (χ0v) is 6.85. The number of nitrogens with zero attached hydrogens (tertiary/aromatic N) is 4. The molecule has 1 rings (SSSR count). The van der Waals surface area contributed by atoms with Crippen LogP contribution in [0.3, 0.4) is 0 Å². The molecule has 0 aromatic carbocycles. The summed E-state index contributed by atoms with van der Waals surface area (Å²) in [4.78, 5) is 5.63. The first kappa shape index (κ1) is 8.27. The molecule has 0 fully saturated rings. The van der Waals surface area contributed by atoms with E-state index in [0.29, 0.717) is 5.56 Å². The van der Waals surface area contributed by atoms with Gasteiger partial charge >= 0.3 is 0 Å². The maximum absolute atomic E-state index is 8.54. The van der Waals surface area contributed by atoms with Crippen molar-refractivity contribution in [3.8, 4) is 6.07 Å². The first-order valence-corrected chi connectivity index (χ1v) is 3.29. The second-order valence-corrected chi connectivity index (χ2v) is 2.36. The Morgan fingerprint density at radius 2 is 2.50 bits per heavy atom. The molecule has 5 nitrogen and oxygen atoms in total. The fraction of sp³-hybridized carbons (Fsp3) is 0.286. The molecule has 0 N–H and O–H groups in total. The first-order chi connectivity index (χ1) is 5.74. The maximum atomic E-state index is 8.54. The van der Waals surface area contributed by atoms with Crippen molar-refractivity contribution in [1.29, 1.82) is 5.26 Å². The van der Waals surface area contributed by atoms with E-state index < -0.39 is 0 Å². The lowest BCUT2D eigenvalue weighted by Gasteiger charge is -1.99. The van der Waals surface area contributed by atoms with Crippen LogP contribution in [0.25, 0.3) is 0 Å². The first-order valence-electron chi connectivity index (χ1n) is 3.29. The van der Waals surface area contributed by atoms with Gasteiger partial charge in [-0.05, 0) is 0 Å². The minimum absolute atomic E-state index is 0.242. The van der Waals surface area contributed by atoms with Gasteiger partial charge in [-0.25, -0.2) is 4.99 Å². The van der Waals surface area contributed by atoms with E-state index in [1.54, 1.807) is 11.2 Å². The average molecular weight is 164 g/mol. The van der Waals surface area contributed by atoms with E-state index in [1.165, 1.54) is 6.20 Å². The van der Waals surface area contributed by atoms with Gasteiger partial charge in [0.15, 0.2) is 0 Å². The van der Waals surface area contributed by atoms with E-state index in [1.807, 2.05) is 20.2 Å². The molecule has 0 amide bonds. The summed E-state index contributed by atoms with van der Waals surface area (Å²) in [5.41, 5.74) is 0.341. The molecule has 12 heavy (non-hydrogen) atoms. The molecule has 0 saturated heterocycles. The van der Waals surface area contributed by atoms with E-state index in [-0.39, 0.29) is 5.88 Å². The van der Waals surface area contributed by atoms with Crippen molar-refractivity contribution in [3.63, 3.8) is 0 Å². The molecule has 0 unspecified atom stereocenters. The summed E-state index contributed by atoms with van der Waals surface area (Å²) in [6.07, 6.45) is 2.88. The molecular formula is C7H8N4O. The molecular weight excluding hydrogens is 156 g/mol. The normalized spacial score (nSPS) is 10.1. The van der Waals surface area contributed by atoms with Gasteiger partial charge in [-0.3, -0.25) is 0 Å². The minimum Gasteiger partial charge on any atom is -0.369 e. The Labute approximate surface area is 69.9 Å². The highest BCUT2D eigenvalue weighted by Gasteiger charge is 2.03. The molecule has 1 aromatic rings. The third-order valence-electron chi connectivity index (χ3n) is 1.08. The third kappa shape index (κ3) is 1.83. The van der Waals surface area contributed by atoms with Crippen LogP contribution in [0.1, 0.15) is 5.56 Å². The number of rotatable bonds is 2. The van der Waals surface area contributed by atoms with Crippen molar-refractivity contribution in [2.24, 2.45) is 4.99 Å². The molecule has 1 aromatic heterocycles. The Bertz CT molecular complexity index is 320. The second kappa shape index (κ2) is 3.53. The molecule has 0 aliphatic rings. The standard InChI is InChI=1S/C7H8N4O/c1-11(2)5-9-7-6(3-8)4-10-12-7/h4-5H,1-2H3/b9-5+. The number of aliphatic imine (C=N–C) groups is 1. The fourth-order valence-corrected chi connectivity index (χ4v) is 0.571. The maximum Gasteiger partial charge on any atom is 0.269 e. The quantitative estimate of drug-likeness (QED) is 0.478. The van der Waals surface area contributed by atoms with Crippen molar-refractivity contribution in [3.05, 3.63) is 11.8 Å². The predicted octanol–water partition coefficient (Wildman–Crippen LogP) is 0.768. The Kier molecular flexibility index (Phi) is 2.43. The van der Waals surface area contributed by atoms with E-state index >= 15 is 0 Å². The van der Waals surface area contributed by atoms with Crippen LogP contribution in [-0.4, -0.2) is 30.5 Å². The summed E-state index contributed by atoms with van der Waals surface area (Å²) in [6, 6.07) is 1.91. The summed E-state index contributed by atoms with van der Waals surface area (Å²) >= 11 is 0. The van der Waals surface area contributed by atoms with E-state index in [9.17, 15) is 0 Å². The van der Waals surface area contributed by atoms with Gasteiger partial charge in [0.05, 0.1) is 12.5 Å². The van der Waals surface area contributed by atoms with Crippen molar-refractivity contribution in [2.45, 2.75) is 0 Å². The monoisotopic (exact) mass is 164 g/mol. The Morgan fingerprint density at radius 3 is 3.08 bits per heavy atom. The third-order valence-corrected chi connectivity index (χ3v) is 1.08. The van der Waals surface area contributed by atoms with Crippen LogP contribution in [0.5, 0.6) is 0 Å². The lowest BCUT2D eigenvalue weighted by atomic mass is 10.4. The van der Waals surface area contributed by atoms with Crippen molar-refractivity contribution >= 4 is 12.2 Å². The molecule has 0 aliphatic carbocycles. The molecule has 0 saturated carbocycles. The number of hydrogen-bond donors (Lipinski definition) is 0. The largest absolute Gasteiger partial charge is 0.369 e. The zero-order chi connectivity index (χ0) is 8.97. The van der Waals surface area contributed by atoms with Crippen molar-refractivity contribution in [1.82, 2.24) is 10.1 Å². The van der Waals surface area contributed by atoms with Gasteiger partial charge in [0, 0.05) is 14.1 Å². The van der Waals surface area contributed by atoms with Gasteiger partial charge in [0.1, 0.15) is 11.6 Å². The summed E-state index contributed by atoms with van der Waals surface area (Å²) < 4.78 is 4.71. The number of aromatic nitrogens is 1. The van der Waals surface area contributed by atoms with Crippen LogP contribution in [0.4, 0.5) is 5.88 Å². The van der Waals surface area contributed by atoms with Gasteiger partial charge in [-0.1, -0.05) is 5.16 Å². The van der Waals surface area contributed by atoms with E-state index in [0.717, 1.165) is 0 Å². The molecule has 5 heteroatoms. The van der Waals surface area contributed by atoms with Gasteiger partial charge < -0.3 is 9.42 Å². The highest BCUT2D eigenvalue weighted by molar-refractivity contribution is 5.60. The second-order valence-electron chi connectivity index (χ2n) is 2.36. The van der Waals surface area contributed by atoms with Crippen LogP contribution in [0.15, 0.2) is 15.7 Å². The lowest BCUT2D eigenvalue weighted by molar-refractivity contribution is 0.429. The van der Waals surface area contributed by atoms with Crippen LogP contribution in [0.2, 0.25) is 0 Å². The SMILES string of the molecule is CN(C)/C=N/c1oncc1C#N. The van der Waals surface area contributed by atoms with Crippen LogP contribution in [0, 0.1) is 11.3 Å². The Hall–Kier alpha value is -1.83. The summed E-state index contributed by atoms with van der Waals surface area (Å²) in [7, 11) is 3.65. The molecule has 0 spiro atoms. The van der Waals surface area contributed by atoms with Crippen LogP contribution in [-0.2, 0) is 0 Å². The molecule has 0 aliphatic heterocycles. The molecule has 0 radical (unpaired) electrons. The zero-order valence-electron chi connectivity index (χ0n) is 6.85. The summed E-state index contributed by atoms with van der Waals surface area (Å²) in [6.45, 7) is 0. The lowest BCUT2D eigenvalue weighted by Crippen LogP contribution is -2.06. The van der Waals surface area contributed by atoms with Crippen LogP contribution >= 0.6 is 0 Å². The van der Waals surface area contributed by atoms with Crippen molar-refractivity contribution in [2.75, 3.05) is 14.1 Å². The fourth-order valence-electron chi connectivity index (χ4n) is 0.571. The number of hydrogen-bond acceptors (Lipinski definition) is 4. The molecule has 0 atom stereocenters. The molecule has 1 heterocycles. The van der Waals surface area contributed by atoms with E-state index in [2.05, 4.69) is 10.1 Å². The molecule has 62 valence electrons. The summed E-state index contributed by atoms with van der Waals surface area (Å²) in [5.74, 6) is 0.242. The van der Waals surface area contributed by atoms with E-state index in [4.69, 9.17) is 9.78 Å². The number of nitriles is 1. The molecule has 0 bridgehead atoms. The van der Waals surface area contributed by atoms with Gasteiger partial charge in [0.25, 0.3) is 5.88 Å².